The lowest BCUT2D eigenvalue weighted by Gasteiger charge is -2.46. The maximum atomic E-state index is 12.6. The zero-order valence-electron chi connectivity index (χ0n) is 17.0. The van der Waals surface area contributed by atoms with Gasteiger partial charge in [0.2, 0.25) is 5.91 Å². The third-order valence-electron chi connectivity index (χ3n) is 6.99. The summed E-state index contributed by atoms with van der Waals surface area (Å²) in [6.45, 7) is 3.31. The Kier molecular flexibility index (Phi) is 6.50. The molecule has 0 aromatic carbocycles. The summed E-state index contributed by atoms with van der Waals surface area (Å²) in [6.07, 6.45) is 14.7. The highest BCUT2D eigenvalue weighted by Gasteiger charge is 2.41. The zero-order valence-corrected chi connectivity index (χ0v) is 17.0. The smallest absolute Gasteiger partial charge is 0.222 e. The van der Waals surface area contributed by atoms with Gasteiger partial charge in [-0.1, -0.05) is 12.8 Å². The number of aromatic nitrogens is 1. The van der Waals surface area contributed by atoms with E-state index in [0.29, 0.717) is 17.7 Å². The first-order chi connectivity index (χ1) is 13.7. The predicted molar refractivity (Wildman–Crippen MR) is 108 cm³/mol. The van der Waals surface area contributed by atoms with Crippen LogP contribution in [-0.4, -0.2) is 47.7 Å². The van der Waals surface area contributed by atoms with E-state index in [4.69, 9.17) is 9.47 Å². The maximum Gasteiger partial charge on any atom is 0.222 e. The molecule has 2 saturated heterocycles. The fraction of sp³-hybridized carbons (Fsp3) is 0.739. The van der Waals surface area contributed by atoms with Crippen LogP contribution in [0.3, 0.4) is 0 Å². The van der Waals surface area contributed by atoms with Crippen LogP contribution < -0.4 is 4.74 Å². The molecule has 3 fully saturated rings. The fourth-order valence-corrected chi connectivity index (χ4v) is 5.25. The average molecular weight is 387 g/mol. The number of rotatable bonds is 6. The Morgan fingerprint density at radius 2 is 2.04 bits per heavy atom. The SMILES string of the molecule is O=C(CC1CCCC1)N1CCC2(CC1)CC(CCOc1cccnc1)CCO2. The van der Waals surface area contributed by atoms with Crippen molar-refractivity contribution in [2.75, 3.05) is 26.3 Å². The van der Waals surface area contributed by atoms with E-state index in [1.807, 2.05) is 12.1 Å². The number of carbonyl (C=O) groups is 1. The molecule has 1 amide bonds. The molecule has 0 bridgehead atoms. The van der Waals surface area contributed by atoms with Crippen LogP contribution in [0.1, 0.15) is 64.2 Å². The Hall–Kier alpha value is -1.62. The minimum absolute atomic E-state index is 0.0125. The Bertz CT molecular complexity index is 622. The summed E-state index contributed by atoms with van der Waals surface area (Å²) in [7, 11) is 0. The number of nitrogens with zero attached hydrogens (tertiary/aromatic N) is 2. The number of hydrogen-bond donors (Lipinski definition) is 0. The summed E-state index contributed by atoms with van der Waals surface area (Å²) in [6, 6.07) is 3.86. The first-order valence-electron chi connectivity index (χ1n) is 11.2. The van der Waals surface area contributed by atoms with E-state index in [0.717, 1.165) is 70.6 Å². The van der Waals surface area contributed by atoms with Crippen molar-refractivity contribution in [3.63, 3.8) is 0 Å². The first-order valence-corrected chi connectivity index (χ1v) is 11.2. The van der Waals surface area contributed by atoms with Gasteiger partial charge < -0.3 is 14.4 Å². The predicted octanol–water partition coefficient (Wildman–Crippen LogP) is 4.22. The molecule has 5 heteroatoms. The number of hydrogen-bond acceptors (Lipinski definition) is 4. The molecule has 1 aliphatic carbocycles. The zero-order chi connectivity index (χ0) is 19.2. The summed E-state index contributed by atoms with van der Waals surface area (Å²) in [5.41, 5.74) is -0.0125. The molecule has 5 nitrogen and oxygen atoms in total. The number of ether oxygens (including phenoxy) is 2. The Morgan fingerprint density at radius 1 is 1.21 bits per heavy atom. The molecule has 3 aliphatic rings. The van der Waals surface area contributed by atoms with Gasteiger partial charge in [-0.25, -0.2) is 0 Å². The van der Waals surface area contributed by atoms with Gasteiger partial charge in [-0.2, -0.15) is 0 Å². The standard InChI is InChI=1S/C23H34N2O3/c26-22(16-19-4-1-2-5-19)25-12-9-23(10-13-25)17-20(8-15-28-23)7-14-27-21-6-3-11-24-18-21/h3,6,11,18-20H,1-2,4-5,7-10,12-17H2. The van der Waals surface area contributed by atoms with Crippen molar-refractivity contribution in [3.8, 4) is 5.75 Å². The maximum absolute atomic E-state index is 12.6. The second-order valence-corrected chi connectivity index (χ2v) is 8.95. The summed E-state index contributed by atoms with van der Waals surface area (Å²) >= 11 is 0. The van der Waals surface area contributed by atoms with Crippen molar-refractivity contribution in [3.05, 3.63) is 24.5 Å². The molecule has 1 unspecified atom stereocenters. The highest BCUT2D eigenvalue weighted by molar-refractivity contribution is 5.76. The van der Waals surface area contributed by atoms with Crippen molar-refractivity contribution in [2.45, 2.75) is 69.8 Å². The highest BCUT2D eigenvalue weighted by atomic mass is 16.5. The number of carbonyl (C=O) groups excluding carboxylic acids is 1. The number of piperidine rings is 1. The summed E-state index contributed by atoms with van der Waals surface area (Å²) in [5.74, 6) is 2.50. The molecule has 2 aliphatic heterocycles. The number of pyridine rings is 1. The minimum Gasteiger partial charge on any atom is -0.492 e. The topological polar surface area (TPSA) is 51.7 Å². The molecule has 1 saturated carbocycles. The monoisotopic (exact) mass is 386 g/mol. The van der Waals surface area contributed by atoms with Gasteiger partial charge in [0.1, 0.15) is 5.75 Å². The molecule has 28 heavy (non-hydrogen) atoms. The summed E-state index contributed by atoms with van der Waals surface area (Å²) in [4.78, 5) is 18.8. The molecule has 0 radical (unpaired) electrons. The van der Waals surface area contributed by atoms with Crippen LogP contribution in [0.4, 0.5) is 0 Å². The lowest BCUT2D eigenvalue weighted by Crippen LogP contribution is -2.51. The molecular weight excluding hydrogens is 352 g/mol. The number of amides is 1. The van der Waals surface area contributed by atoms with Gasteiger partial charge in [0, 0.05) is 32.3 Å². The second kappa shape index (κ2) is 9.25. The molecule has 154 valence electrons. The Morgan fingerprint density at radius 3 is 2.79 bits per heavy atom. The van der Waals surface area contributed by atoms with Gasteiger partial charge in [-0.05, 0) is 68.9 Å². The highest BCUT2D eigenvalue weighted by Crippen LogP contribution is 2.39. The van der Waals surface area contributed by atoms with Crippen molar-refractivity contribution in [2.24, 2.45) is 11.8 Å². The van der Waals surface area contributed by atoms with Crippen molar-refractivity contribution < 1.29 is 14.3 Å². The van der Waals surface area contributed by atoms with Gasteiger partial charge in [0.15, 0.2) is 0 Å². The van der Waals surface area contributed by atoms with E-state index in [-0.39, 0.29) is 5.60 Å². The minimum atomic E-state index is -0.0125. The van der Waals surface area contributed by atoms with E-state index in [9.17, 15) is 4.79 Å². The lowest BCUT2D eigenvalue weighted by atomic mass is 9.78. The second-order valence-electron chi connectivity index (χ2n) is 8.95. The van der Waals surface area contributed by atoms with Crippen LogP contribution >= 0.6 is 0 Å². The van der Waals surface area contributed by atoms with E-state index >= 15 is 0 Å². The molecule has 1 spiro atoms. The van der Waals surface area contributed by atoms with Crippen LogP contribution in [0.15, 0.2) is 24.5 Å². The van der Waals surface area contributed by atoms with Crippen LogP contribution in [0.25, 0.3) is 0 Å². The van der Waals surface area contributed by atoms with E-state index in [2.05, 4.69) is 9.88 Å². The van der Waals surface area contributed by atoms with E-state index < -0.39 is 0 Å². The van der Waals surface area contributed by atoms with Gasteiger partial charge in [0.05, 0.1) is 18.4 Å². The number of likely N-dealkylation sites (tertiary alicyclic amines) is 1. The van der Waals surface area contributed by atoms with Crippen molar-refractivity contribution in [1.82, 2.24) is 9.88 Å². The summed E-state index contributed by atoms with van der Waals surface area (Å²) < 4.78 is 12.1. The van der Waals surface area contributed by atoms with E-state index in [1.165, 1.54) is 25.7 Å². The molecule has 0 N–H and O–H groups in total. The molecule has 1 atom stereocenters. The first kappa shape index (κ1) is 19.7. The van der Waals surface area contributed by atoms with Crippen molar-refractivity contribution >= 4 is 5.91 Å². The Labute approximate surface area is 168 Å². The van der Waals surface area contributed by atoms with Crippen LogP contribution in [0.5, 0.6) is 5.75 Å². The van der Waals surface area contributed by atoms with Gasteiger partial charge in [-0.3, -0.25) is 9.78 Å². The van der Waals surface area contributed by atoms with Crippen molar-refractivity contribution in [1.29, 1.82) is 0 Å². The molecule has 4 rings (SSSR count). The largest absolute Gasteiger partial charge is 0.492 e. The van der Waals surface area contributed by atoms with Gasteiger partial charge in [0.25, 0.3) is 0 Å². The van der Waals surface area contributed by atoms with Gasteiger partial charge in [-0.15, -0.1) is 0 Å². The lowest BCUT2D eigenvalue weighted by molar-refractivity contribution is -0.148. The van der Waals surface area contributed by atoms with E-state index in [1.54, 1.807) is 12.4 Å². The van der Waals surface area contributed by atoms with Crippen LogP contribution in [0, 0.1) is 11.8 Å². The van der Waals surface area contributed by atoms with Crippen LogP contribution in [0.2, 0.25) is 0 Å². The van der Waals surface area contributed by atoms with Gasteiger partial charge >= 0.3 is 0 Å². The fourth-order valence-electron chi connectivity index (χ4n) is 5.25. The Balaban J connectivity index is 1.21. The third kappa shape index (κ3) is 5.05. The van der Waals surface area contributed by atoms with Crippen LogP contribution in [-0.2, 0) is 9.53 Å². The molecular formula is C23H34N2O3. The molecule has 3 heterocycles. The third-order valence-corrected chi connectivity index (χ3v) is 6.99. The molecule has 1 aromatic rings. The normalized spacial score (nSPS) is 25.1. The summed E-state index contributed by atoms with van der Waals surface area (Å²) in [5, 5.41) is 0. The molecule has 1 aromatic heterocycles. The average Bonchev–Trinajstić information content (AvgIpc) is 3.22. The quantitative estimate of drug-likeness (QED) is 0.735.